The van der Waals surface area contributed by atoms with Crippen LogP contribution in [0.5, 0.6) is 0 Å². The molecule has 1 N–H and O–H groups in total. The van der Waals surface area contributed by atoms with E-state index in [1.54, 1.807) is 0 Å². The molecule has 0 unspecified atom stereocenters. The van der Waals surface area contributed by atoms with E-state index in [1.165, 1.54) is 4.90 Å². The minimum atomic E-state index is -0.791. The summed E-state index contributed by atoms with van der Waals surface area (Å²) in [5.74, 6) is 0. The second-order valence-corrected chi connectivity index (χ2v) is 2.70. The number of hydrogen-bond donors (Lipinski definition) is 1. The van der Waals surface area contributed by atoms with E-state index >= 15 is 0 Å². The smallest absolute Gasteiger partial charge is 0.407 e. The van der Waals surface area contributed by atoms with Gasteiger partial charge in [-0.3, -0.25) is 0 Å². The number of piperazine rings is 1. The summed E-state index contributed by atoms with van der Waals surface area (Å²) in [4.78, 5) is 14.2. The zero-order valence-electron chi connectivity index (χ0n) is 6.79. The summed E-state index contributed by atoms with van der Waals surface area (Å²) in [6, 6.07) is 0. The lowest BCUT2D eigenvalue weighted by atomic mass is 10.3. The summed E-state index contributed by atoms with van der Waals surface area (Å²) < 4.78 is 0. The van der Waals surface area contributed by atoms with Crippen molar-refractivity contribution in [3.63, 3.8) is 0 Å². The van der Waals surface area contributed by atoms with Crippen molar-refractivity contribution in [3.05, 3.63) is 0 Å². The second kappa shape index (κ2) is 3.57. The van der Waals surface area contributed by atoms with Crippen molar-refractivity contribution in [2.45, 2.75) is 6.92 Å². The molecule has 64 valence electrons. The highest BCUT2D eigenvalue weighted by molar-refractivity contribution is 5.65. The third kappa shape index (κ3) is 2.08. The molecule has 0 spiro atoms. The Morgan fingerprint density at radius 3 is 2.27 bits per heavy atom. The molecular weight excluding hydrogens is 144 g/mol. The van der Waals surface area contributed by atoms with E-state index in [4.69, 9.17) is 5.11 Å². The first kappa shape index (κ1) is 8.33. The van der Waals surface area contributed by atoms with Gasteiger partial charge < -0.3 is 14.9 Å². The molecule has 1 saturated heterocycles. The van der Waals surface area contributed by atoms with Crippen molar-refractivity contribution < 1.29 is 9.90 Å². The first-order chi connectivity index (χ1) is 5.24. The maximum Gasteiger partial charge on any atom is 0.407 e. The van der Waals surface area contributed by atoms with Crippen molar-refractivity contribution in [1.82, 2.24) is 9.80 Å². The van der Waals surface area contributed by atoms with E-state index in [1.807, 2.05) is 0 Å². The van der Waals surface area contributed by atoms with E-state index in [9.17, 15) is 4.79 Å². The highest BCUT2D eigenvalue weighted by Crippen LogP contribution is 2.00. The molecule has 0 aromatic rings. The van der Waals surface area contributed by atoms with Crippen LogP contribution in [-0.2, 0) is 0 Å². The molecule has 1 aliphatic heterocycles. The van der Waals surface area contributed by atoms with Crippen molar-refractivity contribution in [1.29, 1.82) is 0 Å². The quantitative estimate of drug-likeness (QED) is 0.597. The van der Waals surface area contributed by atoms with Gasteiger partial charge in [0.1, 0.15) is 0 Å². The Balaban J connectivity index is 2.30. The highest BCUT2D eigenvalue weighted by Gasteiger charge is 2.18. The highest BCUT2D eigenvalue weighted by atomic mass is 16.4. The van der Waals surface area contributed by atoms with Crippen LogP contribution in [0.2, 0.25) is 0 Å². The summed E-state index contributed by atoms with van der Waals surface area (Å²) in [6.07, 6.45) is -0.791. The number of carbonyl (C=O) groups is 1. The predicted octanol–water partition coefficient (Wildman–Crippen LogP) is 0.302. The monoisotopic (exact) mass is 158 g/mol. The topological polar surface area (TPSA) is 43.8 Å². The van der Waals surface area contributed by atoms with Crippen molar-refractivity contribution >= 4 is 6.09 Å². The Bertz CT molecular complexity index is 141. The van der Waals surface area contributed by atoms with Gasteiger partial charge in [0.25, 0.3) is 0 Å². The molecule has 1 aliphatic rings. The molecule has 1 heterocycles. The van der Waals surface area contributed by atoms with E-state index in [0.717, 1.165) is 19.6 Å². The number of likely N-dealkylation sites (N-methyl/N-ethyl adjacent to an activating group) is 1. The van der Waals surface area contributed by atoms with Crippen LogP contribution in [0.25, 0.3) is 0 Å². The Kier molecular flexibility index (Phi) is 2.70. The maximum absolute atomic E-state index is 10.5. The molecule has 11 heavy (non-hydrogen) atoms. The van der Waals surface area contributed by atoms with Crippen LogP contribution in [0, 0.1) is 0 Å². The number of rotatable bonds is 1. The summed E-state index contributed by atoms with van der Waals surface area (Å²) >= 11 is 0. The largest absolute Gasteiger partial charge is 0.465 e. The van der Waals surface area contributed by atoms with Gasteiger partial charge in [-0.05, 0) is 6.54 Å². The third-order valence-electron chi connectivity index (χ3n) is 2.09. The molecule has 0 atom stereocenters. The van der Waals surface area contributed by atoms with Crippen molar-refractivity contribution in [3.8, 4) is 0 Å². The zero-order chi connectivity index (χ0) is 8.27. The van der Waals surface area contributed by atoms with E-state index in [2.05, 4.69) is 11.8 Å². The van der Waals surface area contributed by atoms with Crippen LogP contribution in [0.15, 0.2) is 0 Å². The third-order valence-corrected chi connectivity index (χ3v) is 2.09. The Morgan fingerprint density at radius 1 is 1.36 bits per heavy atom. The molecule has 0 saturated carbocycles. The number of amides is 1. The SMILES string of the molecule is CCN1CCN(C(=O)O)CC1. The minimum Gasteiger partial charge on any atom is -0.465 e. The Labute approximate surface area is 66.4 Å². The molecule has 1 rings (SSSR count). The summed E-state index contributed by atoms with van der Waals surface area (Å²) in [6.45, 7) is 6.18. The van der Waals surface area contributed by atoms with Crippen LogP contribution in [-0.4, -0.2) is 53.7 Å². The molecule has 0 aromatic heterocycles. The van der Waals surface area contributed by atoms with Crippen molar-refractivity contribution in [2.75, 3.05) is 32.7 Å². The van der Waals surface area contributed by atoms with E-state index in [-0.39, 0.29) is 0 Å². The molecule has 0 aliphatic carbocycles. The van der Waals surface area contributed by atoms with Crippen LogP contribution in [0.3, 0.4) is 0 Å². The van der Waals surface area contributed by atoms with Crippen LogP contribution in [0.1, 0.15) is 6.92 Å². The molecule has 0 aromatic carbocycles. The average Bonchev–Trinajstić information content (AvgIpc) is 2.05. The minimum absolute atomic E-state index is 0.656. The normalized spacial score (nSPS) is 20.3. The Hall–Kier alpha value is -0.770. The van der Waals surface area contributed by atoms with Gasteiger partial charge in [-0.15, -0.1) is 0 Å². The van der Waals surface area contributed by atoms with Gasteiger partial charge in [-0.2, -0.15) is 0 Å². The van der Waals surface area contributed by atoms with Crippen LogP contribution in [0.4, 0.5) is 4.79 Å². The summed E-state index contributed by atoms with van der Waals surface area (Å²) in [5, 5.41) is 8.60. The molecule has 1 fully saturated rings. The first-order valence-corrected chi connectivity index (χ1v) is 3.94. The first-order valence-electron chi connectivity index (χ1n) is 3.94. The van der Waals surface area contributed by atoms with Crippen LogP contribution < -0.4 is 0 Å². The van der Waals surface area contributed by atoms with Gasteiger partial charge >= 0.3 is 6.09 Å². The van der Waals surface area contributed by atoms with Gasteiger partial charge in [-0.1, -0.05) is 6.92 Å². The van der Waals surface area contributed by atoms with Gasteiger partial charge in [0, 0.05) is 26.2 Å². The number of hydrogen-bond acceptors (Lipinski definition) is 2. The maximum atomic E-state index is 10.5. The lowest BCUT2D eigenvalue weighted by molar-refractivity contribution is 0.108. The molecule has 4 heteroatoms. The fourth-order valence-electron chi connectivity index (χ4n) is 1.26. The zero-order valence-corrected chi connectivity index (χ0v) is 6.79. The van der Waals surface area contributed by atoms with Gasteiger partial charge in [-0.25, -0.2) is 4.79 Å². The number of carboxylic acid groups (broad SMARTS) is 1. The molecule has 4 nitrogen and oxygen atoms in total. The second-order valence-electron chi connectivity index (χ2n) is 2.70. The van der Waals surface area contributed by atoms with E-state index in [0.29, 0.717) is 13.1 Å². The lowest BCUT2D eigenvalue weighted by Crippen LogP contribution is -2.47. The van der Waals surface area contributed by atoms with Gasteiger partial charge in [0.15, 0.2) is 0 Å². The molecule has 0 bridgehead atoms. The number of nitrogens with zero attached hydrogens (tertiary/aromatic N) is 2. The standard InChI is InChI=1S/C7H14N2O2/c1-2-8-3-5-9(6-4-8)7(10)11/h2-6H2,1H3,(H,10,11). The van der Waals surface area contributed by atoms with Crippen molar-refractivity contribution in [2.24, 2.45) is 0 Å². The fraction of sp³-hybridized carbons (Fsp3) is 0.857. The average molecular weight is 158 g/mol. The summed E-state index contributed by atoms with van der Waals surface area (Å²) in [5.41, 5.74) is 0. The predicted molar refractivity (Wildman–Crippen MR) is 41.7 cm³/mol. The fourth-order valence-corrected chi connectivity index (χ4v) is 1.26. The van der Waals surface area contributed by atoms with Gasteiger partial charge in [0.2, 0.25) is 0 Å². The Morgan fingerprint density at radius 2 is 1.91 bits per heavy atom. The van der Waals surface area contributed by atoms with Crippen LogP contribution >= 0.6 is 0 Å². The molecule has 0 radical (unpaired) electrons. The molecule has 1 amide bonds. The lowest BCUT2D eigenvalue weighted by Gasteiger charge is -2.32. The molecular formula is C7H14N2O2. The van der Waals surface area contributed by atoms with Gasteiger partial charge in [0.05, 0.1) is 0 Å². The summed E-state index contributed by atoms with van der Waals surface area (Å²) in [7, 11) is 0. The van der Waals surface area contributed by atoms with E-state index < -0.39 is 6.09 Å².